The standard InChI is InChI=1S/C13H16N2O3S/c1-3-18-13(17)5-4-12(16)15(8-7-14)11-6-9-19-10(11)2/h6,9H,3-5,8H2,1-2H3. The van der Waals surface area contributed by atoms with E-state index in [4.69, 9.17) is 10.00 Å². The van der Waals surface area contributed by atoms with E-state index >= 15 is 0 Å². The van der Waals surface area contributed by atoms with Crippen LogP contribution < -0.4 is 4.90 Å². The molecule has 1 aromatic rings. The lowest BCUT2D eigenvalue weighted by molar-refractivity contribution is -0.144. The lowest BCUT2D eigenvalue weighted by Gasteiger charge is -2.19. The number of hydrogen-bond donors (Lipinski definition) is 0. The Hall–Kier alpha value is -1.87. The quantitative estimate of drug-likeness (QED) is 0.592. The number of carbonyl (C=O) groups is 2. The van der Waals surface area contributed by atoms with E-state index in [0.717, 1.165) is 10.6 Å². The molecule has 0 bridgehead atoms. The first kappa shape index (κ1) is 15.2. The second kappa shape index (κ2) is 7.54. The number of ether oxygens (including phenoxy) is 1. The van der Waals surface area contributed by atoms with Crippen LogP contribution in [0.3, 0.4) is 0 Å². The van der Waals surface area contributed by atoms with Crippen LogP contribution in [-0.4, -0.2) is 25.0 Å². The number of nitriles is 1. The van der Waals surface area contributed by atoms with Crippen molar-refractivity contribution in [3.63, 3.8) is 0 Å². The molecule has 102 valence electrons. The Balaban J connectivity index is 2.67. The van der Waals surface area contributed by atoms with Gasteiger partial charge >= 0.3 is 5.97 Å². The first-order valence-corrected chi connectivity index (χ1v) is 6.85. The molecule has 0 radical (unpaired) electrons. The monoisotopic (exact) mass is 280 g/mol. The second-order valence-electron chi connectivity index (χ2n) is 3.81. The molecule has 0 spiro atoms. The van der Waals surface area contributed by atoms with Crippen LogP contribution in [0.4, 0.5) is 5.69 Å². The third-order valence-corrected chi connectivity index (χ3v) is 3.34. The molecule has 19 heavy (non-hydrogen) atoms. The maximum Gasteiger partial charge on any atom is 0.306 e. The predicted octanol–water partition coefficient (Wildman–Crippen LogP) is 2.26. The van der Waals surface area contributed by atoms with Gasteiger partial charge in [0.2, 0.25) is 5.91 Å². The molecule has 5 nitrogen and oxygen atoms in total. The minimum absolute atomic E-state index is 0.0147. The smallest absolute Gasteiger partial charge is 0.306 e. The number of aryl methyl sites for hydroxylation is 1. The molecule has 0 unspecified atom stereocenters. The number of anilines is 1. The van der Waals surface area contributed by atoms with E-state index in [1.807, 2.05) is 18.4 Å². The Morgan fingerprint density at radius 2 is 2.21 bits per heavy atom. The van der Waals surface area contributed by atoms with Crippen molar-refractivity contribution < 1.29 is 14.3 Å². The van der Waals surface area contributed by atoms with Gasteiger partial charge < -0.3 is 4.74 Å². The highest BCUT2D eigenvalue weighted by molar-refractivity contribution is 7.10. The Bertz CT molecular complexity index is 490. The van der Waals surface area contributed by atoms with Crippen molar-refractivity contribution >= 4 is 28.9 Å². The Morgan fingerprint density at radius 1 is 1.47 bits per heavy atom. The van der Waals surface area contributed by atoms with Crippen molar-refractivity contribution in [3.8, 4) is 6.07 Å². The van der Waals surface area contributed by atoms with Crippen molar-refractivity contribution in [3.05, 3.63) is 16.3 Å². The molecule has 0 aromatic carbocycles. The van der Waals surface area contributed by atoms with E-state index in [1.165, 1.54) is 16.2 Å². The molecule has 0 atom stereocenters. The van der Waals surface area contributed by atoms with Crippen LogP contribution in [0.25, 0.3) is 0 Å². The summed E-state index contributed by atoms with van der Waals surface area (Å²) < 4.78 is 4.77. The average molecular weight is 280 g/mol. The van der Waals surface area contributed by atoms with Crippen LogP contribution in [0.1, 0.15) is 24.6 Å². The Kier molecular flexibility index (Phi) is 6.03. The number of thiophene rings is 1. The maximum atomic E-state index is 12.1. The number of amides is 1. The fourth-order valence-electron chi connectivity index (χ4n) is 1.61. The summed E-state index contributed by atoms with van der Waals surface area (Å²) in [6, 6.07) is 3.78. The molecule has 0 N–H and O–H groups in total. The molecule has 0 aliphatic rings. The van der Waals surface area contributed by atoms with Crippen molar-refractivity contribution in [2.45, 2.75) is 26.7 Å². The molecule has 0 saturated heterocycles. The molecule has 1 heterocycles. The number of esters is 1. The van der Waals surface area contributed by atoms with E-state index in [0.29, 0.717) is 6.61 Å². The van der Waals surface area contributed by atoms with Gasteiger partial charge in [0.05, 0.1) is 24.8 Å². The van der Waals surface area contributed by atoms with E-state index in [-0.39, 0.29) is 25.3 Å². The zero-order valence-electron chi connectivity index (χ0n) is 11.0. The summed E-state index contributed by atoms with van der Waals surface area (Å²) >= 11 is 1.51. The highest BCUT2D eigenvalue weighted by Gasteiger charge is 2.19. The van der Waals surface area contributed by atoms with E-state index in [9.17, 15) is 9.59 Å². The highest BCUT2D eigenvalue weighted by Crippen LogP contribution is 2.25. The summed E-state index contributed by atoms with van der Waals surface area (Å²) in [5, 5.41) is 10.7. The lowest BCUT2D eigenvalue weighted by Crippen LogP contribution is -2.31. The summed E-state index contributed by atoms with van der Waals surface area (Å²) in [6.07, 6.45) is 0.0909. The first-order chi connectivity index (χ1) is 9.10. The Labute approximate surface area is 116 Å². The molecule has 1 amide bonds. The van der Waals surface area contributed by atoms with Crippen LogP contribution in [0.5, 0.6) is 0 Å². The van der Waals surface area contributed by atoms with Crippen molar-refractivity contribution in [2.75, 3.05) is 18.1 Å². The zero-order valence-corrected chi connectivity index (χ0v) is 11.8. The van der Waals surface area contributed by atoms with Gasteiger partial charge in [-0.1, -0.05) is 0 Å². The van der Waals surface area contributed by atoms with Crippen molar-refractivity contribution in [2.24, 2.45) is 0 Å². The molecule has 0 fully saturated rings. The van der Waals surface area contributed by atoms with E-state index < -0.39 is 5.97 Å². The predicted molar refractivity (Wildman–Crippen MR) is 72.9 cm³/mol. The van der Waals surface area contributed by atoms with Crippen molar-refractivity contribution in [1.82, 2.24) is 0 Å². The fourth-order valence-corrected chi connectivity index (χ4v) is 2.31. The zero-order chi connectivity index (χ0) is 14.3. The Morgan fingerprint density at radius 3 is 2.74 bits per heavy atom. The van der Waals surface area contributed by atoms with E-state index in [2.05, 4.69) is 0 Å². The summed E-state index contributed by atoms with van der Waals surface area (Å²) in [5.74, 6) is -0.633. The molecule has 1 aromatic heterocycles. The highest BCUT2D eigenvalue weighted by atomic mass is 32.1. The average Bonchev–Trinajstić information content (AvgIpc) is 2.79. The molecule has 0 aliphatic carbocycles. The SMILES string of the molecule is CCOC(=O)CCC(=O)N(CC#N)c1ccsc1C. The van der Waals surface area contributed by atoms with Gasteiger partial charge in [-0.05, 0) is 25.3 Å². The summed E-state index contributed by atoms with van der Waals surface area (Å²) in [6.45, 7) is 3.90. The van der Waals surface area contributed by atoms with Gasteiger partial charge in [-0.2, -0.15) is 5.26 Å². The second-order valence-corrected chi connectivity index (χ2v) is 4.93. The normalized spacial score (nSPS) is 9.74. The first-order valence-electron chi connectivity index (χ1n) is 5.97. The van der Waals surface area contributed by atoms with Crippen LogP contribution in [-0.2, 0) is 14.3 Å². The summed E-state index contributed by atoms with van der Waals surface area (Å²) in [7, 11) is 0. The van der Waals surface area contributed by atoms with Gasteiger partial charge in [0.25, 0.3) is 0 Å². The van der Waals surface area contributed by atoms with Crippen molar-refractivity contribution in [1.29, 1.82) is 5.26 Å². The molecule has 0 saturated carbocycles. The topological polar surface area (TPSA) is 70.4 Å². The minimum Gasteiger partial charge on any atom is -0.466 e. The largest absolute Gasteiger partial charge is 0.466 e. The minimum atomic E-state index is -0.394. The van der Waals surface area contributed by atoms with Gasteiger partial charge in [0.15, 0.2) is 0 Å². The van der Waals surface area contributed by atoms with Gasteiger partial charge in [-0.3, -0.25) is 14.5 Å². The lowest BCUT2D eigenvalue weighted by atomic mass is 10.2. The number of hydrogen-bond acceptors (Lipinski definition) is 5. The summed E-state index contributed by atoms with van der Waals surface area (Å²) in [4.78, 5) is 25.7. The van der Waals surface area contributed by atoms with Crippen LogP contribution >= 0.6 is 11.3 Å². The molecular formula is C13H16N2O3S. The van der Waals surface area contributed by atoms with Crippen LogP contribution in [0.2, 0.25) is 0 Å². The molecular weight excluding hydrogens is 264 g/mol. The van der Waals surface area contributed by atoms with E-state index in [1.54, 1.807) is 13.0 Å². The van der Waals surface area contributed by atoms with Gasteiger partial charge in [0, 0.05) is 11.3 Å². The van der Waals surface area contributed by atoms with Crippen LogP contribution in [0.15, 0.2) is 11.4 Å². The number of rotatable bonds is 6. The molecule has 6 heteroatoms. The summed E-state index contributed by atoms with van der Waals surface area (Å²) in [5.41, 5.74) is 0.736. The number of nitrogens with zero attached hydrogens (tertiary/aromatic N) is 2. The van der Waals surface area contributed by atoms with Gasteiger partial charge in [0.1, 0.15) is 6.54 Å². The number of carbonyl (C=O) groups excluding carboxylic acids is 2. The van der Waals surface area contributed by atoms with Gasteiger partial charge in [-0.15, -0.1) is 11.3 Å². The third kappa shape index (κ3) is 4.38. The molecule has 1 rings (SSSR count). The van der Waals surface area contributed by atoms with Crippen LogP contribution in [0, 0.1) is 18.3 Å². The molecule has 0 aliphatic heterocycles. The maximum absolute atomic E-state index is 12.1. The third-order valence-electron chi connectivity index (χ3n) is 2.50. The fraction of sp³-hybridized carbons (Fsp3) is 0.462. The van der Waals surface area contributed by atoms with Gasteiger partial charge in [-0.25, -0.2) is 0 Å².